The molecule has 0 fully saturated rings. The molecule has 4 heteroatoms. The first-order valence-electron chi connectivity index (χ1n) is 15.8. The summed E-state index contributed by atoms with van der Waals surface area (Å²) in [5.41, 5.74) is 13.0. The Bertz CT molecular complexity index is 2440. The van der Waals surface area contributed by atoms with E-state index in [-0.39, 0.29) is 0 Å². The monoisotopic (exact) mass is 618 g/mol. The second-order valence-electron chi connectivity index (χ2n) is 12.1. The van der Waals surface area contributed by atoms with Crippen molar-refractivity contribution in [3.63, 3.8) is 0 Å². The third kappa shape index (κ3) is 3.82. The topological polar surface area (TPSA) is 38.9 Å². The van der Waals surface area contributed by atoms with Crippen molar-refractivity contribution in [2.24, 2.45) is 0 Å². The highest BCUT2D eigenvalue weighted by atomic mass is 32.2. The van der Waals surface area contributed by atoms with Crippen molar-refractivity contribution in [1.29, 1.82) is 0 Å². The normalized spacial score (nSPS) is 15.7. The quantitative estimate of drug-likeness (QED) is 0.197. The van der Waals surface area contributed by atoms with Crippen LogP contribution in [0.15, 0.2) is 172 Å². The van der Waals surface area contributed by atoms with Crippen molar-refractivity contribution in [1.82, 2.24) is 9.97 Å². The molecule has 3 heterocycles. The average Bonchev–Trinajstić information content (AvgIpc) is 3.74. The molecule has 0 N–H and O–H groups in total. The summed E-state index contributed by atoms with van der Waals surface area (Å²) in [7, 11) is 0. The second kappa shape index (κ2) is 10.1. The van der Waals surface area contributed by atoms with E-state index in [9.17, 15) is 0 Å². The van der Waals surface area contributed by atoms with Gasteiger partial charge in [0.05, 0.1) is 23.1 Å². The molecule has 0 bridgehead atoms. The Kier molecular flexibility index (Phi) is 5.72. The van der Waals surface area contributed by atoms with E-state index in [1.165, 1.54) is 43.2 Å². The fraction of sp³-hybridized carbons (Fsp3) is 0.0233. The van der Waals surface area contributed by atoms with Crippen molar-refractivity contribution < 1.29 is 4.42 Å². The molecule has 6 aromatic carbocycles. The number of furan rings is 1. The van der Waals surface area contributed by atoms with Crippen LogP contribution in [0.4, 0.5) is 0 Å². The maximum atomic E-state index is 5.93. The second-order valence-corrected chi connectivity index (χ2v) is 13.2. The summed E-state index contributed by atoms with van der Waals surface area (Å²) in [6, 6.07) is 54.0. The smallest absolute Gasteiger partial charge is 0.160 e. The van der Waals surface area contributed by atoms with Gasteiger partial charge in [0.1, 0.15) is 5.58 Å². The van der Waals surface area contributed by atoms with Gasteiger partial charge in [0.15, 0.2) is 5.82 Å². The first-order chi connectivity index (χ1) is 23.3. The van der Waals surface area contributed by atoms with Crippen LogP contribution in [0.1, 0.15) is 22.3 Å². The molecule has 10 rings (SSSR count). The Hall–Kier alpha value is -5.71. The summed E-state index contributed by atoms with van der Waals surface area (Å²) < 4.78 is 5.93. The van der Waals surface area contributed by atoms with Crippen molar-refractivity contribution >= 4 is 22.7 Å². The number of hydrogen-bond donors (Lipinski definition) is 0. The summed E-state index contributed by atoms with van der Waals surface area (Å²) >= 11 is 1.85. The van der Waals surface area contributed by atoms with Crippen molar-refractivity contribution in [3.05, 3.63) is 180 Å². The van der Waals surface area contributed by atoms with Gasteiger partial charge in [0, 0.05) is 31.9 Å². The lowest BCUT2D eigenvalue weighted by Crippen LogP contribution is -2.32. The average molecular weight is 619 g/mol. The van der Waals surface area contributed by atoms with Crippen LogP contribution in [0.3, 0.4) is 0 Å². The highest BCUT2D eigenvalue weighted by Gasteiger charge is 2.50. The molecule has 1 spiro atoms. The zero-order valence-corrected chi connectivity index (χ0v) is 26.0. The third-order valence-corrected chi connectivity index (χ3v) is 10.8. The number of aromatic nitrogens is 2. The van der Waals surface area contributed by atoms with Gasteiger partial charge in [-0.05, 0) is 69.8 Å². The van der Waals surface area contributed by atoms with Gasteiger partial charge < -0.3 is 4.42 Å². The van der Waals surface area contributed by atoms with Crippen LogP contribution in [0.2, 0.25) is 0 Å². The Morgan fingerprint density at radius 3 is 2.00 bits per heavy atom. The van der Waals surface area contributed by atoms with E-state index in [0.29, 0.717) is 5.82 Å². The SMILES string of the molecule is c1ccc(-c2cc(-c3ccc4c(c3)C3(c5ccccc5S4)c4ccccc4-c4c3ccc3occc43)nc(-c3ccccc3)n2)cc1. The van der Waals surface area contributed by atoms with Crippen LogP contribution in [0, 0.1) is 0 Å². The van der Waals surface area contributed by atoms with Crippen LogP contribution < -0.4 is 0 Å². The van der Waals surface area contributed by atoms with Crippen LogP contribution in [-0.2, 0) is 5.41 Å². The highest BCUT2D eigenvalue weighted by Crippen LogP contribution is 2.63. The minimum atomic E-state index is -0.498. The summed E-state index contributed by atoms with van der Waals surface area (Å²) in [6.07, 6.45) is 1.80. The molecule has 1 atom stereocenters. The minimum Gasteiger partial charge on any atom is -0.464 e. The molecular formula is C43H26N2OS. The van der Waals surface area contributed by atoms with Gasteiger partial charge in [-0.2, -0.15) is 0 Å². The van der Waals surface area contributed by atoms with Crippen LogP contribution >= 0.6 is 11.8 Å². The van der Waals surface area contributed by atoms with Gasteiger partial charge in [-0.3, -0.25) is 0 Å². The molecule has 0 saturated heterocycles. The van der Waals surface area contributed by atoms with Crippen LogP contribution in [0.5, 0.6) is 0 Å². The van der Waals surface area contributed by atoms with E-state index < -0.39 is 5.41 Å². The molecule has 8 aromatic rings. The number of rotatable bonds is 3. The van der Waals surface area contributed by atoms with E-state index in [2.05, 4.69) is 127 Å². The van der Waals surface area contributed by atoms with Gasteiger partial charge in [-0.25, -0.2) is 9.97 Å². The lowest BCUT2D eigenvalue weighted by molar-refractivity contribution is 0.615. The fourth-order valence-electron chi connectivity index (χ4n) is 7.67. The van der Waals surface area contributed by atoms with Gasteiger partial charge >= 0.3 is 0 Å². The summed E-state index contributed by atoms with van der Waals surface area (Å²) in [5.74, 6) is 0.716. The molecule has 1 aliphatic heterocycles. The molecule has 0 radical (unpaired) electrons. The Morgan fingerprint density at radius 1 is 0.489 bits per heavy atom. The van der Waals surface area contributed by atoms with E-state index in [1.807, 2.05) is 36.0 Å². The third-order valence-electron chi connectivity index (χ3n) is 9.66. The zero-order valence-electron chi connectivity index (χ0n) is 25.2. The molecule has 1 unspecified atom stereocenters. The van der Waals surface area contributed by atoms with E-state index >= 15 is 0 Å². The first-order valence-corrected chi connectivity index (χ1v) is 16.6. The Labute approximate surface area is 276 Å². The minimum absolute atomic E-state index is 0.498. The Balaban J connectivity index is 1.27. The fourth-order valence-corrected chi connectivity index (χ4v) is 8.84. The molecule has 1 aliphatic carbocycles. The number of hydrogen-bond acceptors (Lipinski definition) is 4. The molecule has 2 aliphatic rings. The van der Waals surface area contributed by atoms with Gasteiger partial charge in [-0.15, -0.1) is 0 Å². The summed E-state index contributed by atoms with van der Waals surface area (Å²) in [5, 5.41) is 1.15. The molecular weight excluding hydrogens is 593 g/mol. The van der Waals surface area contributed by atoms with Gasteiger partial charge in [0.2, 0.25) is 0 Å². The molecule has 3 nitrogen and oxygen atoms in total. The lowest BCUT2D eigenvalue weighted by atomic mass is 9.67. The Morgan fingerprint density at radius 2 is 1.17 bits per heavy atom. The number of benzene rings is 6. The predicted molar refractivity (Wildman–Crippen MR) is 190 cm³/mol. The summed E-state index contributed by atoms with van der Waals surface area (Å²) in [4.78, 5) is 12.8. The van der Waals surface area contributed by atoms with E-state index in [4.69, 9.17) is 14.4 Å². The maximum absolute atomic E-state index is 5.93. The first kappa shape index (κ1) is 26.5. The van der Waals surface area contributed by atoms with Crippen molar-refractivity contribution in [3.8, 4) is 45.0 Å². The molecule has 220 valence electrons. The van der Waals surface area contributed by atoms with E-state index in [0.717, 1.165) is 39.0 Å². The van der Waals surface area contributed by atoms with E-state index in [1.54, 1.807) is 6.26 Å². The largest absolute Gasteiger partial charge is 0.464 e. The van der Waals surface area contributed by atoms with Crippen LogP contribution in [-0.4, -0.2) is 9.97 Å². The number of nitrogens with zero attached hydrogens (tertiary/aromatic N) is 2. The molecule has 0 amide bonds. The van der Waals surface area contributed by atoms with Crippen molar-refractivity contribution in [2.75, 3.05) is 0 Å². The lowest BCUT2D eigenvalue weighted by Gasteiger charge is -2.40. The standard InChI is InChI=1S/C43H26N2OS/c1-3-11-27(12-4-1)36-26-37(45-42(44-36)28-13-5-2-6-14-28)29-19-22-40-35(25-29)43(33-17-9-10-18-39(33)47-40)32-16-8-7-15-30(32)41-31-23-24-46-38(31)21-20-34(41)43/h1-26H. The predicted octanol–water partition coefficient (Wildman–Crippen LogP) is 11.1. The highest BCUT2D eigenvalue weighted by molar-refractivity contribution is 7.99. The van der Waals surface area contributed by atoms with Gasteiger partial charge in [-0.1, -0.05) is 127 Å². The zero-order chi connectivity index (χ0) is 31.0. The molecule has 2 aromatic heterocycles. The summed E-state index contributed by atoms with van der Waals surface area (Å²) in [6.45, 7) is 0. The number of fused-ring (bicyclic) bond motifs is 11. The maximum Gasteiger partial charge on any atom is 0.160 e. The van der Waals surface area contributed by atoms with Gasteiger partial charge in [0.25, 0.3) is 0 Å². The molecule has 0 saturated carbocycles. The van der Waals surface area contributed by atoms with Crippen molar-refractivity contribution in [2.45, 2.75) is 15.2 Å². The molecule has 47 heavy (non-hydrogen) atoms. The van der Waals surface area contributed by atoms with Crippen LogP contribution in [0.25, 0.3) is 56.0 Å².